The van der Waals surface area contributed by atoms with Gasteiger partial charge in [-0.1, -0.05) is 73.5 Å². The predicted molar refractivity (Wildman–Crippen MR) is 342 cm³/mol. The number of amides is 12. The fourth-order valence-corrected chi connectivity index (χ4v) is 11.9. The van der Waals surface area contributed by atoms with Crippen molar-refractivity contribution in [2.75, 3.05) is 30.1 Å². The van der Waals surface area contributed by atoms with E-state index in [0.29, 0.717) is 5.56 Å². The molecule has 1 aliphatic rings. The Morgan fingerprint density at radius 3 is 1.50 bits per heavy atom. The van der Waals surface area contributed by atoms with Gasteiger partial charge in [-0.3, -0.25) is 76.9 Å². The van der Waals surface area contributed by atoms with Crippen LogP contribution >= 0.6 is 41.2 Å². The summed E-state index contributed by atoms with van der Waals surface area (Å²) >= 11 is 1.29. The van der Waals surface area contributed by atoms with Crippen molar-refractivity contribution in [3.05, 3.63) is 59.7 Å². The first kappa shape index (κ1) is 80.0. The van der Waals surface area contributed by atoms with Gasteiger partial charge in [0.1, 0.15) is 65.9 Å². The van der Waals surface area contributed by atoms with Gasteiger partial charge < -0.3 is 90.2 Å². The summed E-state index contributed by atoms with van der Waals surface area (Å²) in [5.74, 6) is -17.6. The summed E-state index contributed by atoms with van der Waals surface area (Å²) in [5, 5.41) is 53.6. The molecule has 0 spiro atoms. The third kappa shape index (κ3) is 29.8. The molecule has 21 N–H and O–H groups in total. The van der Waals surface area contributed by atoms with Crippen molar-refractivity contribution in [3.63, 3.8) is 0 Å². The Bertz CT molecular complexity index is 3070. The van der Waals surface area contributed by atoms with Crippen LogP contribution in [0, 0.1) is 11.8 Å². The third-order valence-corrected chi connectivity index (χ3v) is 17.2. The Kier molecular flexibility index (Phi) is 33.6. The van der Waals surface area contributed by atoms with Gasteiger partial charge in [-0.25, -0.2) is 4.57 Å². The fourth-order valence-electron chi connectivity index (χ4n) is 8.77. The molecule has 12 amide bonds. The molecule has 0 bridgehead atoms. The maximum Gasteiger partial charge on any atom is 0.524 e. The van der Waals surface area contributed by atoms with Crippen LogP contribution in [0.15, 0.2) is 48.5 Å². The molecule has 1 fully saturated rings. The predicted octanol–water partition coefficient (Wildman–Crippen LogP) is -3.60. The highest BCUT2D eigenvalue weighted by atomic mass is 33.1. The van der Waals surface area contributed by atoms with Crippen LogP contribution in [-0.4, -0.2) is 198 Å². The molecular weight excluding hydrogens is 1320 g/mol. The molecule has 2 aromatic rings. The van der Waals surface area contributed by atoms with Crippen molar-refractivity contribution in [1.29, 1.82) is 0 Å². The minimum absolute atomic E-state index is 0.0286. The molecule has 2 aromatic carbocycles. The Labute approximate surface area is 552 Å². The van der Waals surface area contributed by atoms with E-state index in [1.165, 1.54) is 62.0 Å². The van der Waals surface area contributed by atoms with Crippen LogP contribution in [0.25, 0.3) is 0 Å². The van der Waals surface area contributed by atoms with Crippen LogP contribution in [0.5, 0.6) is 11.5 Å². The summed E-state index contributed by atoms with van der Waals surface area (Å²) < 4.78 is 16.2. The summed E-state index contributed by atoms with van der Waals surface area (Å²) in [7, 11) is -3.22. The Hall–Kier alpha value is -8.22. The molecule has 94 heavy (non-hydrogen) atoms. The smallest absolute Gasteiger partial charge is 0.508 e. The maximum atomic E-state index is 14.6. The monoisotopic (exact) mass is 1400 g/mol. The van der Waals surface area contributed by atoms with E-state index in [9.17, 15) is 96.8 Å². The molecule has 0 radical (unpaired) electrons. The molecule has 0 aliphatic carbocycles. The number of phosphoric acid groups is 1. The summed E-state index contributed by atoms with van der Waals surface area (Å²) in [5.41, 5.74) is 18.0. The number of aromatic hydroxyl groups is 1. The average molecular weight is 1400 g/mol. The molecule has 0 aromatic heterocycles. The third-order valence-electron chi connectivity index (χ3n) is 13.7. The molecule has 34 nitrogen and oxygen atoms in total. The molecule has 3 rings (SSSR count). The summed E-state index contributed by atoms with van der Waals surface area (Å²) in [4.78, 5) is 209. The first-order valence-corrected chi connectivity index (χ1v) is 34.6. The summed E-state index contributed by atoms with van der Waals surface area (Å²) in [6, 6.07) is -5.93. The molecule has 1 aliphatic heterocycles. The lowest BCUT2D eigenvalue weighted by molar-refractivity contribution is -0.139. The average Bonchev–Trinajstić information content (AvgIpc) is 0.946. The lowest BCUT2D eigenvalue weighted by Gasteiger charge is -2.28. The number of nitrogens with two attached hydrogens (primary N) is 3. The molecule has 1 saturated heterocycles. The number of nitrogens with one attached hydrogen (secondary N) is 10. The summed E-state index contributed by atoms with van der Waals surface area (Å²) in [6.45, 7) is 5.43. The normalized spacial score (nSPS) is 23.8. The van der Waals surface area contributed by atoms with Crippen LogP contribution in [0.4, 0.5) is 0 Å². The zero-order valence-electron chi connectivity index (χ0n) is 51.9. The minimum atomic E-state index is -5.07. The van der Waals surface area contributed by atoms with Gasteiger partial charge >= 0.3 is 19.8 Å². The number of carboxylic acid groups (broad SMARTS) is 2. The number of hydrogen-bond acceptors (Lipinski definition) is 21. The van der Waals surface area contributed by atoms with Gasteiger partial charge in [0.05, 0.1) is 19.0 Å². The number of benzene rings is 2. The van der Waals surface area contributed by atoms with Crippen LogP contribution < -0.4 is 74.9 Å². The van der Waals surface area contributed by atoms with E-state index in [-0.39, 0.29) is 53.6 Å². The van der Waals surface area contributed by atoms with Gasteiger partial charge in [0.2, 0.25) is 70.9 Å². The highest BCUT2D eigenvalue weighted by Gasteiger charge is 2.37. The first-order chi connectivity index (χ1) is 44.0. The fraction of sp³-hybridized carbons (Fsp3) is 0.536. The number of phenolic OH excluding ortho intramolecular Hbond substituents is 1. The number of primary amides is 2. The van der Waals surface area contributed by atoms with Crippen molar-refractivity contribution in [1.82, 2.24) is 53.2 Å². The van der Waals surface area contributed by atoms with Crippen LogP contribution in [0.3, 0.4) is 0 Å². The van der Waals surface area contributed by atoms with Gasteiger partial charge in [0, 0.05) is 37.2 Å². The molecule has 10 atom stereocenters. The molecule has 1 heterocycles. The van der Waals surface area contributed by atoms with E-state index in [1.807, 2.05) is 0 Å². The number of hydrogen-bond donors (Lipinski definition) is 18. The zero-order valence-corrected chi connectivity index (χ0v) is 55.3. The highest BCUT2D eigenvalue weighted by Crippen LogP contribution is 2.37. The van der Waals surface area contributed by atoms with Gasteiger partial charge in [-0.05, 0) is 84.9 Å². The van der Waals surface area contributed by atoms with Crippen LogP contribution in [0.1, 0.15) is 83.8 Å². The largest absolute Gasteiger partial charge is 0.524 e. The maximum absolute atomic E-state index is 14.6. The first-order valence-electron chi connectivity index (χ1n) is 29.2. The van der Waals surface area contributed by atoms with E-state index >= 15 is 0 Å². The number of phenols is 1. The Balaban J connectivity index is 2.20. The van der Waals surface area contributed by atoms with Crippen molar-refractivity contribution in [2.45, 2.75) is 146 Å². The number of thioether (sulfide) groups is 1. The quantitative estimate of drug-likeness (QED) is 0.0424. The lowest BCUT2D eigenvalue weighted by Crippen LogP contribution is -2.61. The number of phosphoric ester groups is 1. The number of carbonyl (C=O) groups is 14. The molecule has 0 saturated carbocycles. The van der Waals surface area contributed by atoms with E-state index in [1.54, 1.807) is 20.1 Å². The van der Waals surface area contributed by atoms with E-state index in [0.717, 1.165) is 33.7 Å². The number of rotatable bonds is 21. The zero-order chi connectivity index (χ0) is 70.6. The molecule has 520 valence electrons. The van der Waals surface area contributed by atoms with Crippen LogP contribution in [-0.2, 0) is 84.5 Å². The number of carboxylic acids is 2. The second kappa shape index (κ2) is 39.5. The van der Waals surface area contributed by atoms with Crippen molar-refractivity contribution < 1.29 is 101 Å². The van der Waals surface area contributed by atoms with E-state index in [2.05, 4.69) is 57.7 Å². The lowest BCUT2D eigenvalue weighted by atomic mass is 9.99. The van der Waals surface area contributed by atoms with Crippen molar-refractivity contribution in [2.24, 2.45) is 29.0 Å². The molecular formula is C56H82N13O21PS3. The van der Waals surface area contributed by atoms with E-state index < -0.39 is 208 Å². The summed E-state index contributed by atoms with van der Waals surface area (Å²) in [6.07, 6.45) is -3.00. The SMILES string of the molecule is CSCCC1NC(=O)CNC(=O)[C@H](C(C)C)NC(=O)C(CC(N)=O)NC(=O)[C@H](CCC(=O)O)NC(=O)C(Cc2ccc(OP(=O)(O)O)cc2)NC(=O)[C@H](CC(C)C)NC(=O)[C@H](CCC(=O)O)NC(=O)[C@@H](N)CSSC[C@@H](C(N)=O)NC(=O)C(Cc2ccc(O)cc2)NC1=O. The highest BCUT2D eigenvalue weighted by molar-refractivity contribution is 8.76. The number of aliphatic carboxylic acids is 2. The van der Waals surface area contributed by atoms with Gasteiger partial charge in [0.25, 0.3) is 0 Å². The van der Waals surface area contributed by atoms with Gasteiger partial charge in [-0.2, -0.15) is 11.8 Å². The standard InChI is InChI=1S/C56H82N13O21PS3/c1-27(2)20-37-52(82)66-38(22-30-8-12-32(13-9-30)90-91(87,88)89)53(83)63-35(15-17-45(75)76)50(80)67-40(23-42(58)71)55(85)69-46(28(3)4)56(86)60-24-43(72)61-36(18-19-92-5)51(81)65-39(21-29-6-10-31(70)11-7-29)54(84)68-41(47(59)77)26-94-93-25-33(57)48(78)62-34(49(79)64-37)14-16-44(73)74/h6-13,27-28,33-41,46,70H,14-26,57H2,1-5H3,(H2,58,71)(H2,59,77)(H,60,86)(H,61,72)(H,62,78)(H,63,83)(H,64,79)(H,65,81)(H,66,82)(H,67,80)(H,68,84)(H,69,85)(H,73,74)(H,75,76)(H2,87,88,89)/t33-,34-,35-,36?,37-,38?,39?,40?,41-,46-/m0/s1. The molecule has 38 heteroatoms. The van der Waals surface area contributed by atoms with Gasteiger partial charge in [-0.15, -0.1) is 0 Å². The van der Waals surface area contributed by atoms with Crippen LogP contribution in [0.2, 0.25) is 0 Å². The topological polar surface area (TPSA) is 565 Å². The van der Waals surface area contributed by atoms with Crippen molar-refractivity contribution >= 4 is 124 Å². The Morgan fingerprint density at radius 1 is 0.585 bits per heavy atom. The molecule has 4 unspecified atom stereocenters. The minimum Gasteiger partial charge on any atom is -0.508 e. The Morgan fingerprint density at radius 2 is 1.02 bits per heavy atom. The second-order valence-corrected chi connectivity index (χ2v) is 27.0. The van der Waals surface area contributed by atoms with Crippen molar-refractivity contribution in [3.8, 4) is 11.5 Å². The second-order valence-electron chi connectivity index (χ2n) is 22.3. The van der Waals surface area contributed by atoms with E-state index in [4.69, 9.17) is 17.2 Å². The van der Waals surface area contributed by atoms with Gasteiger partial charge in [0.15, 0.2) is 0 Å². The number of carbonyl (C=O) groups excluding carboxylic acids is 12.